The molecule has 156 valence electrons. The molecule has 1 aromatic heterocycles. The highest BCUT2D eigenvalue weighted by molar-refractivity contribution is 7.80. The predicted octanol–water partition coefficient (Wildman–Crippen LogP) is 7.51. The highest BCUT2D eigenvalue weighted by Gasteiger charge is 2.45. The quantitative estimate of drug-likeness (QED) is 0.296. The zero-order valence-corrected chi connectivity index (χ0v) is 20.5. The molecular weight excluding hydrogens is 430 g/mol. The molecule has 0 aliphatic carbocycles. The Bertz CT molecular complexity index is 1180. The van der Waals surface area contributed by atoms with Crippen LogP contribution in [0.1, 0.15) is 39.5 Å². The molecule has 0 spiro atoms. The van der Waals surface area contributed by atoms with E-state index in [1.807, 2.05) is 49.9 Å². The second-order valence-electron chi connectivity index (χ2n) is 9.07. The van der Waals surface area contributed by atoms with Gasteiger partial charge in [-0.25, -0.2) is 0 Å². The van der Waals surface area contributed by atoms with E-state index in [0.29, 0.717) is 0 Å². The van der Waals surface area contributed by atoms with Crippen molar-refractivity contribution in [2.75, 3.05) is 12.0 Å². The molecular formula is C24H25NO2S3. The van der Waals surface area contributed by atoms with Gasteiger partial charge in [0.05, 0.1) is 23.2 Å². The van der Waals surface area contributed by atoms with Gasteiger partial charge in [0.1, 0.15) is 9.57 Å². The average Bonchev–Trinajstić information content (AvgIpc) is 3.09. The summed E-state index contributed by atoms with van der Waals surface area (Å²) < 4.78 is 6.18. The molecule has 3 aromatic rings. The van der Waals surface area contributed by atoms with Gasteiger partial charge in [-0.1, -0.05) is 77.9 Å². The minimum Gasteiger partial charge on any atom is -0.497 e. The van der Waals surface area contributed by atoms with E-state index in [9.17, 15) is 4.79 Å². The van der Waals surface area contributed by atoms with Gasteiger partial charge in [-0.15, -0.1) is 0 Å². The first kappa shape index (κ1) is 21.2. The van der Waals surface area contributed by atoms with Crippen molar-refractivity contribution in [3.8, 4) is 28.0 Å². The second-order valence-corrected chi connectivity index (χ2v) is 11.9. The number of anilines is 1. The van der Waals surface area contributed by atoms with Gasteiger partial charge in [0.2, 0.25) is 5.91 Å². The number of carbonyl (C=O) groups is 1. The van der Waals surface area contributed by atoms with Crippen molar-refractivity contribution in [3.63, 3.8) is 0 Å². The van der Waals surface area contributed by atoms with Crippen LogP contribution in [0.5, 0.6) is 5.75 Å². The Morgan fingerprint density at radius 1 is 1.03 bits per heavy atom. The van der Waals surface area contributed by atoms with E-state index < -0.39 is 11.0 Å². The van der Waals surface area contributed by atoms with Crippen molar-refractivity contribution in [2.45, 2.75) is 40.2 Å². The monoisotopic (exact) mass is 455 g/mol. The van der Waals surface area contributed by atoms with Gasteiger partial charge in [-0.3, -0.25) is 4.79 Å². The van der Waals surface area contributed by atoms with E-state index in [-0.39, 0.29) is 5.91 Å². The number of methoxy groups -OCH3 is 1. The van der Waals surface area contributed by atoms with Crippen LogP contribution in [-0.4, -0.2) is 13.0 Å². The van der Waals surface area contributed by atoms with Gasteiger partial charge in [-0.2, -0.15) is 0 Å². The van der Waals surface area contributed by atoms with Crippen LogP contribution in [0.2, 0.25) is 0 Å². The molecule has 1 amide bonds. The molecule has 0 saturated carbocycles. The molecule has 0 N–H and O–H groups in total. The zero-order valence-electron chi connectivity index (χ0n) is 18.0. The summed E-state index contributed by atoms with van der Waals surface area (Å²) in [6.07, 6.45) is 0. The summed E-state index contributed by atoms with van der Waals surface area (Å²) in [7, 11) is 4.97. The summed E-state index contributed by atoms with van der Waals surface area (Å²) in [5, 5.41) is 0. The third-order valence-electron chi connectivity index (χ3n) is 5.52. The topological polar surface area (TPSA) is 29.5 Å². The molecule has 0 atom stereocenters. The first-order chi connectivity index (χ1) is 14.1. The van der Waals surface area contributed by atoms with E-state index in [1.165, 1.54) is 4.88 Å². The van der Waals surface area contributed by atoms with E-state index in [4.69, 9.17) is 17.0 Å². The lowest BCUT2D eigenvalue weighted by Crippen LogP contribution is -2.51. The largest absolute Gasteiger partial charge is 0.497 e. The fourth-order valence-corrected chi connectivity index (χ4v) is 7.17. The molecule has 2 aromatic carbocycles. The smallest absolute Gasteiger partial charge is 0.233 e. The van der Waals surface area contributed by atoms with Crippen LogP contribution in [-0.2, 0) is 10.3 Å². The normalized spacial score (nSPS) is 14.8. The van der Waals surface area contributed by atoms with Crippen molar-refractivity contribution in [2.24, 2.45) is 5.41 Å². The van der Waals surface area contributed by atoms with Gasteiger partial charge in [0, 0.05) is 16.5 Å². The molecule has 0 bridgehead atoms. The van der Waals surface area contributed by atoms with E-state index in [1.54, 1.807) is 27.8 Å². The maximum atomic E-state index is 13.6. The van der Waals surface area contributed by atoms with E-state index in [2.05, 4.69) is 32.0 Å². The van der Waals surface area contributed by atoms with Crippen molar-refractivity contribution in [1.82, 2.24) is 0 Å². The van der Waals surface area contributed by atoms with Crippen LogP contribution in [0, 0.1) is 9.24 Å². The van der Waals surface area contributed by atoms with Gasteiger partial charge in [0.25, 0.3) is 0 Å². The van der Waals surface area contributed by atoms with Crippen molar-refractivity contribution < 1.29 is 9.53 Å². The molecule has 4 rings (SSSR count). The molecule has 3 nitrogen and oxygen atoms in total. The third-order valence-corrected chi connectivity index (χ3v) is 8.85. The first-order valence-corrected chi connectivity index (χ1v) is 12.4. The summed E-state index contributed by atoms with van der Waals surface area (Å²) in [6, 6.07) is 14.3. The Hall–Kier alpha value is -2.02. The number of nitrogens with zero attached hydrogens (tertiary/aromatic N) is 1. The molecule has 0 fully saturated rings. The number of benzene rings is 2. The van der Waals surface area contributed by atoms with E-state index in [0.717, 1.165) is 37.5 Å². The Morgan fingerprint density at radius 3 is 2.27 bits per heavy atom. The fraction of sp³-hybridized carbons (Fsp3) is 0.333. The van der Waals surface area contributed by atoms with Crippen LogP contribution in [0.3, 0.4) is 0 Å². The standard InChI is InChI=1S/C24H25NO2S3/c1-23(2,3)22(26)25-18-13-15(14-7-10-16(27-6)11-8-14)9-12-17(18)19-20(24(25,4)5)29-30-21(19)28/h7-13H,1-6H3. The lowest BCUT2D eigenvalue weighted by atomic mass is 9.83. The Balaban J connectivity index is 1.97. The lowest BCUT2D eigenvalue weighted by molar-refractivity contribution is -0.127. The number of hydrogen-bond acceptors (Lipinski definition) is 5. The summed E-state index contributed by atoms with van der Waals surface area (Å²) in [5.74, 6) is 0.929. The van der Waals surface area contributed by atoms with Gasteiger partial charge in [-0.05, 0) is 43.2 Å². The summed E-state index contributed by atoms with van der Waals surface area (Å²) in [5.41, 5.74) is 4.26. The third kappa shape index (κ3) is 3.31. The van der Waals surface area contributed by atoms with Gasteiger partial charge in [0.15, 0.2) is 0 Å². The van der Waals surface area contributed by atoms with Gasteiger partial charge < -0.3 is 9.64 Å². The molecule has 1 aliphatic heterocycles. The number of fused-ring (bicyclic) bond motifs is 3. The van der Waals surface area contributed by atoms with Crippen LogP contribution in [0.15, 0.2) is 42.5 Å². The number of hydrogen-bond donors (Lipinski definition) is 0. The lowest BCUT2D eigenvalue weighted by Gasteiger charge is -2.45. The molecule has 6 heteroatoms. The number of ether oxygens (including phenoxy) is 1. The maximum Gasteiger partial charge on any atom is 0.233 e. The summed E-state index contributed by atoms with van der Waals surface area (Å²) in [6.45, 7) is 10.2. The molecule has 0 radical (unpaired) electrons. The van der Waals surface area contributed by atoms with Crippen molar-refractivity contribution in [3.05, 3.63) is 51.2 Å². The van der Waals surface area contributed by atoms with E-state index >= 15 is 0 Å². The summed E-state index contributed by atoms with van der Waals surface area (Å²) in [4.78, 5) is 16.8. The number of amides is 1. The predicted molar refractivity (Wildman–Crippen MR) is 130 cm³/mol. The minimum atomic E-state index is -0.500. The number of carbonyl (C=O) groups excluding carboxylic acids is 1. The summed E-state index contributed by atoms with van der Waals surface area (Å²) >= 11 is 5.69. The molecule has 0 saturated heterocycles. The molecule has 2 heterocycles. The van der Waals surface area contributed by atoms with Crippen LogP contribution < -0.4 is 9.64 Å². The van der Waals surface area contributed by atoms with Crippen LogP contribution >= 0.6 is 32.9 Å². The SMILES string of the molecule is COc1ccc(-c2ccc3c(c2)N(C(=O)C(C)(C)C)C(C)(C)c2ssc(=S)c2-3)cc1. The number of rotatable bonds is 2. The zero-order chi connectivity index (χ0) is 21.8. The molecule has 1 aliphatic rings. The average molecular weight is 456 g/mol. The Kier molecular flexibility index (Phi) is 5.16. The van der Waals surface area contributed by atoms with Crippen LogP contribution in [0.4, 0.5) is 5.69 Å². The van der Waals surface area contributed by atoms with Crippen LogP contribution in [0.25, 0.3) is 22.3 Å². The molecule has 30 heavy (non-hydrogen) atoms. The Morgan fingerprint density at radius 2 is 1.67 bits per heavy atom. The first-order valence-electron chi connectivity index (χ1n) is 9.83. The Labute approximate surface area is 190 Å². The second kappa shape index (κ2) is 7.29. The maximum absolute atomic E-state index is 13.6. The fourth-order valence-electron chi connectivity index (χ4n) is 3.89. The highest BCUT2D eigenvalue weighted by Crippen LogP contribution is 2.53. The highest BCUT2D eigenvalue weighted by atomic mass is 32.9. The van der Waals surface area contributed by atoms with Crippen molar-refractivity contribution in [1.29, 1.82) is 0 Å². The molecule has 0 unspecified atom stereocenters. The van der Waals surface area contributed by atoms with Crippen molar-refractivity contribution >= 4 is 44.5 Å². The minimum absolute atomic E-state index is 0.107. The van der Waals surface area contributed by atoms with Gasteiger partial charge >= 0.3 is 0 Å².